The Kier molecular flexibility index (Phi) is 6.97. The number of nitrogens with zero attached hydrogens (tertiary/aromatic N) is 3. The molecular weight excluding hydrogens is 458 g/mol. The highest BCUT2D eigenvalue weighted by molar-refractivity contribution is 7.91. The number of benzene rings is 1. The highest BCUT2D eigenvalue weighted by Crippen LogP contribution is 2.27. The summed E-state index contributed by atoms with van der Waals surface area (Å²) < 4.78 is 34.6. The maximum atomic E-state index is 13.1. The van der Waals surface area contributed by atoms with Gasteiger partial charge in [0.15, 0.2) is 16.4 Å². The number of rotatable bonds is 8. The van der Waals surface area contributed by atoms with Crippen LogP contribution in [0, 0.1) is 6.92 Å². The molecule has 3 aromatic rings. The van der Waals surface area contributed by atoms with Crippen LogP contribution in [0.25, 0.3) is 22.4 Å². The first-order chi connectivity index (χ1) is 16.3. The largest absolute Gasteiger partial charge is 0.452 e. The molecule has 1 aliphatic rings. The van der Waals surface area contributed by atoms with E-state index >= 15 is 0 Å². The Morgan fingerprint density at radius 1 is 1.24 bits per heavy atom. The summed E-state index contributed by atoms with van der Waals surface area (Å²) in [4.78, 5) is 32.0. The van der Waals surface area contributed by atoms with Crippen LogP contribution < -0.4 is 0 Å². The third kappa shape index (κ3) is 5.11. The number of aryl methyl sites for hydroxylation is 1. The van der Waals surface area contributed by atoms with Gasteiger partial charge in [-0.25, -0.2) is 18.2 Å². The van der Waals surface area contributed by atoms with Gasteiger partial charge >= 0.3 is 5.97 Å². The van der Waals surface area contributed by atoms with Crippen LogP contribution in [0.4, 0.5) is 0 Å². The molecule has 34 heavy (non-hydrogen) atoms. The van der Waals surface area contributed by atoms with Crippen LogP contribution in [-0.2, 0) is 19.4 Å². The zero-order valence-corrected chi connectivity index (χ0v) is 20.0. The van der Waals surface area contributed by atoms with Gasteiger partial charge < -0.3 is 14.2 Å². The van der Waals surface area contributed by atoms with Gasteiger partial charge in [-0.15, -0.1) is 0 Å². The molecule has 1 aromatic carbocycles. The minimum atomic E-state index is -3.15. The fraction of sp³-hybridized carbons (Fsp3) is 0.417. The molecule has 9 nitrogen and oxygen atoms in total. The van der Waals surface area contributed by atoms with Gasteiger partial charge in [0, 0.05) is 18.2 Å². The van der Waals surface area contributed by atoms with Gasteiger partial charge in [0.05, 0.1) is 33.8 Å². The number of carbonyl (C=O) groups excluding carboxylic acids is 2. The lowest BCUT2D eigenvalue weighted by molar-refractivity contribution is -0.136. The van der Waals surface area contributed by atoms with Crippen molar-refractivity contribution in [2.45, 2.75) is 39.2 Å². The van der Waals surface area contributed by atoms with E-state index in [1.807, 2.05) is 37.3 Å². The number of aromatic nitrogens is 2. The van der Waals surface area contributed by atoms with Gasteiger partial charge in [0.1, 0.15) is 0 Å². The van der Waals surface area contributed by atoms with E-state index in [4.69, 9.17) is 9.26 Å². The number of hydrogen-bond acceptors (Lipinski definition) is 8. The summed E-state index contributed by atoms with van der Waals surface area (Å²) in [7, 11) is -3.15. The van der Waals surface area contributed by atoms with E-state index in [1.165, 1.54) is 0 Å². The lowest BCUT2D eigenvalue weighted by Crippen LogP contribution is -2.43. The topological polar surface area (TPSA) is 120 Å². The molecule has 0 aliphatic carbocycles. The first-order valence-corrected chi connectivity index (χ1v) is 13.1. The molecule has 1 atom stereocenters. The number of unbranched alkanes of at least 4 members (excludes halogenated alkanes) is 1. The molecule has 0 saturated carbocycles. The normalized spacial score (nSPS) is 17.1. The molecule has 0 bridgehead atoms. The van der Waals surface area contributed by atoms with Crippen molar-refractivity contribution in [2.75, 3.05) is 24.7 Å². The Morgan fingerprint density at radius 3 is 2.68 bits per heavy atom. The SMILES string of the molecule is CCCCN(C(=O)COC(=O)c1cc(-c2ccccc2)nc2onc(C)c12)C1CCS(=O)(=O)C1. The van der Waals surface area contributed by atoms with Gasteiger partial charge in [-0.1, -0.05) is 48.8 Å². The summed E-state index contributed by atoms with van der Waals surface area (Å²) in [6.07, 6.45) is 1.99. The number of fused-ring (bicyclic) bond motifs is 1. The maximum absolute atomic E-state index is 13.1. The Balaban J connectivity index is 1.55. The van der Waals surface area contributed by atoms with Gasteiger partial charge in [-0.2, -0.15) is 0 Å². The number of ether oxygens (including phenoxy) is 1. The fourth-order valence-corrected chi connectivity index (χ4v) is 5.89. The molecular formula is C24H27N3O6S. The summed E-state index contributed by atoms with van der Waals surface area (Å²) in [5.74, 6) is -1.09. The van der Waals surface area contributed by atoms with Crippen LogP contribution >= 0.6 is 0 Å². The molecule has 0 spiro atoms. The average molecular weight is 486 g/mol. The van der Waals surface area contributed by atoms with Crippen molar-refractivity contribution in [3.63, 3.8) is 0 Å². The second-order valence-corrected chi connectivity index (χ2v) is 10.7. The number of sulfone groups is 1. The van der Waals surface area contributed by atoms with Crippen LogP contribution in [0.15, 0.2) is 40.9 Å². The van der Waals surface area contributed by atoms with Gasteiger partial charge in [0.2, 0.25) is 0 Å². The van der Waals surface area contributed by atoms with Crippen LogP contribution in [0.2, 0.25) is 0 Å². The van der Waals surface area contributed by atoms with E-state index in [0.29, 0.717) is 29.7 Å². The van der Waals surface area contributed by atoms with E-state index < -0.39 is 28.3 Å². The number of hydrogen-bond donors (Lipinski definition) is 0. The molecule has 3 heterocycles. The van der Waals surface area contributed by atoms with E-state index in [9.17, 15) is 18.0 Å². The van der Waals surface area contributed by atoms with Gasteiger partial charge in [-0.3, -0.25) is 4.79 Å². The smallest absolute Gasteiger partial charge is 0.339 e. The van der Waals surface area contributed by atoms with Crippen LogP contribution in [0.3, 0.4) is 0 Å². The van der Waals surface area contributed by atoms with Crippen molar-refractivity contribution in [1.29, 1.82) is 0 Å². The number of amides is 1. The summed E-state index contributed by atoms with van der Waals surface area (Å²) in [5.41, 5.74) is 2.21. The zero-order chi connectivity index (χ0) is 24.3. The number of esters is 1. The summed E-state index contributed by atoms with van der Waals surface area (Å²) in [6.45, 7) is 3.64. The van der Waals surface area contributed by atoms with Crippen molar-refractivity contribution in [1.82, 2.24) is 15.0 Å². The van der Waals surface area contributed by atoms with E-state index in [-0.39, 0.29) is 28.8 Å². The fourth-order valence-electron chi connectivity index (χ4n) is 4.16. The first-order valence-electron chi connectivity index (χ1n) is 11.3. The predicted molar refractivity (Wildman–Crippen MR) is 126 cm³/mol. The monoisotopic (exact) mass is 485 g/mol. The average Bonchev–Trinajstić information content (AvgIpc) is 3.39. The minimum absolute atomic E-state index is 0.0539. The quantitative estimate of drug-likeness (QED) is 0.446. The van der Waals surface area contributed by atoms with Gasteiger partial charge in [0.25, 0.3) is 11.6 Å². The second-order valence-electron chi connectivity index (χ2n) is 8.44. The molecule has 10 heteroatoms. The summed E-state index contributed by atoms with van der Waals surface area (Å²) >= 11 is 0. The van der Waals surface area contributed by atoms with Crippen LogP contribution in [0.5, 0.6) is 0 Å². The Bertz CT molecular complexity index is 1300. The van der Waals surface area contributed by atoms with E-state index in [0.717, 1.165) is 18.4 Å². The minimum Gasteiger partial charge on any atom is -0.452 e. The van der Waals surface area contributed by atoms with Gasteiger partial charge in [-0.05, 0) is 25.8 Å². The molecule has 0 radical (unpaired) electrons. The molecule has 2 aromatic heterocycles. The molecule has 1 saturated heterocycles. The lowest BCUT2D eigenvalue weighted by atomic mass is 10.1. The third-order valence-corrected chi connectivity index (χ3v) is 7.71. The molecule has 1 aliphatic heterocycles. The highest BCUT2D eigenvalue weighted by atomic mass is 32.2. The highest BCUT2D eigenvalue weighted by Gasteiger charge is 2.34. The molecule has 180 valence electrons. The van der Waals surface area contributed by atoms with Crippen molar-refractivity contribution in [3.8, 4) is 11.3 Å². The lowest BCUT2D eigenvalue weighted by Gasteiger charge is -2.28. The van der Waals surface area contributed by atoms with Crippen molar-refractivity contribution >= 4 is 32.8 Å². The maximum Gasteiger partial charge on any atom is 0.339 e. The zero-order valence-electron chi connectivity index (χ0n) is 19.2. The molecule has 4 rings (SSSR count). The molecule has 1 amide bonds. The van der Waals surface area contributed by atoms with Crippen LogP contribution in [0.1, 0.15) is 42.2 Å². The van der Waals surface area contributed by atoms with Crippen molar-refractivity contribution < 1.29 is 27.3 Å². The van der Waals surface area contributed by atoms with Crippen molar-refractivity contribution in [3.05, 3.63) is 47.7 Å². The molecule has 0 N–H and O–H groups in total. The number of carbonyl (C=O) groups is 2. The van der Waals surface area contributed by atoms with Crippen molar-refractivity contribution in [2.24, 2.45) is 0 Å². The standard InChI is InChI=1S/C24H27N3O6S/c1-3-4-11-27(18-10-12-34(30,31)15-18)21(28)14-32-24(29)19-13-20(17-8-6-5-7-9-17)25-23-22(19)16(2)26-33-23/h5-9,13,18H,3-4,10-12,14-15H2,1-2H3. The second kappa shape index (κ2) is 9.92. The molecule has 1 unspecified atom stereocenters. The predicted octanol–water partition coefficient (Wildman–Crippen LogP) is 3.17. The Hall–Kier alpha value is -3.27. The third-order valence-electron chi connectivity index (χ3n) is 5.96. The number of pyridine rings is 1. The summed E-state index contributed by atoms with van der Waals surface area (Å²) in [6, 6.07) is 10.5. The van der Waals surface area contributed by atoms with Crippen LogP contribution in [-0.4, -0.2) is 66.0 Å². The van der Waals surface area contributed by atoms with E-state index in [2.05, 4.69) is 10.1 Å². The summed E-state index contributed by atoms with van der Waals surface area (Å²) in [5, 5.41) is 4.35. The van der Waals surface area contributed by atoms with E-state index in [1.54, 1.807) is 17.9 Å². The molecule has 1 fully saturated rings. The Morgan fingerprint density at radius 2 is 2.00 bits per heavy atom. The first kappa shape index (κ1) is 23.9. The Labute approximate surface area is 198 Å².